The number of carboxylic acids is 1. The largest absolute Gasteiger partial charge is 0.508 e. The Hall–Kier alpha value is -5.34. The molecule has 3 aromatic carbocycles. The van der Waals surface area contributed by atoms with Gasteiger partial charge < -0.3 is 48.5 Å². The van der Waals surface area contributed by atoms with Gasteiger partial charge in [0.05, 0.1) is 25.4 Å². The molecule has 14 nitrogen and oxygen atoms in total. The molecule has 0 aliphatic heterocycles. The van der Waals surface area contributed by atoms with Crippen LogP contribution in [0.3, 0.4) is 0 Å². The molecule has 2 saturated carbocycles. The first kappa shape index (κ1) is 56.9. The molecular formula is C59H82O14. The number of esters is 1. The third kappa shape index (κ3) is 17.1. The molecule has 4 aliphatic carbocycles. The number of unbranched alkanes of at least 4 members (excludes halogenated alkanes) is 4. The van der Waals surface area contributed by atoms with Crippen LogP contribution >= 0.6 is 0 Å². The topological polar surface area (TPSA) is 194 Å². The smallest absolute Gasteiger partial charge is 0.482 e. The molecule has 3 N–H and O–H groups in total. The number of carbonyl (C=O) groups excluding carboxylic acids is 3. The monoisotopic (exact) mass is 1010 g/mol. The second-order valence-corrected chi connectivity index (χ2v) is 20.5. The Balaban J connectivity index is 0.000000243. The Morgan fingerprint density at radius 1 is 0.562 bits per heavy atom. The summed E-state index contributed by atoms with van der Waals surface area (Å²) >= 11 is 0. The van der Waals surface area contributed by atoms with Crippen LogP contribution in [0.2, 0.25) is 0 Å². The average Bonchev–Trinajstić information content (AvgIpc) is 3.86. The highest BCUT2D eigenvalue weighted by Crippen LogP contribution is 2.50. The van der Waals surface area contributed by atoms with E-state index in [0.29, 0.717) is 42.6 Å². The number of rotatable bonds is 26. The molecule has 0 bridgehead atoms. The van der Waals surface area contributed by atoms with Crippen LogP contribution in [-0.2, 0) is 65.6 Å². The number of ether oxygens (including phenoxy) is 7. The van der Waals surface area contributed by atoms with E-state index in [0.717, 1.165) is 138 Å². The number of hydrogen-bond donors (Lipinski definition) is 3. The highest BCUT2D eigenvalue weighted by atomic mass is 16.7. The van der Waals surface area contributed by atoms with E-state index in [1.807, 2.05) is 54.6 Å². The number of aliphatic carboxylic acids is 1. The van der Waals surface area contributed by atoms with E-state index in [-0.39, 0.29) is 56.1 Å². The van der Waals surface area contributed by atoms with Crippen molar-refractivity contribution in [3.8, 4) is 11.5 Å². The number of carbonyl (C=O) groups is 4. The Kier molecular flexibility index (Phi) is 23.0. The summed E-state index contributed by atoms with van der Waals surface area (Å²) in [5.41, 5.74) is 5.55. The molecular weight excluding hydrogens is 933 g/mol. The van der Waals surface area contributed by atoms with Crippen LogP contribution < -0.4 is 9.47 Å². The number of hydrogen-bond acceptors (Lipinski definition) is 13. The van der Waals surface area contributed by atoms with E-state index in [4.69, 9.17) is 38.3 Å². The Labute approximate surface area is 432 Å². The fraction of sp³-hybridized carbons (Fsp3) is 0.627. The van der Waals surface area contributed by atoms with E-state index in [1.54, 1.807) is 13.8 Å². The number of aliphatic hydroxyl groups excluding tert-OH is 2. The van der Waals surface area contributed by atoms with Gasteiger partial charge in [-0.25, -0.2) is 19.2 Å². The van der Waals surface area contributed by atoms with Crippen molar-refractivity contribution in [3.05, 3.63) is 94.5 Å². The van der Waals surface area contributed by atoms with Crippen molar-refractivity contribution in [2.45, 2.75) is 174 Å². The maximum atomic E-state index is 12.3. The molecule has 2 fully saturated rings. The molecule has 3 aromatic rings. The van der Waals surface area contributed by atoms with E-state index in [2.05, 4.69) is 26.0 Å². The molecule has 73 heavy (non-hydrogen) atoms. The van der Waals surface area contributed by atoms with Gasteiger partial charge in [-0.3, -0.25) is 0 Å². The van der Waals surface area contributed by atoms with Crippen LogP contribution in [0.5, 0.6) is 11.5 Å². The molecule has 0 radical (unpaired) electrons. The van der Waals surface area contributed by atoms with Crippen LogP contribution in [-0.4, -0.2) is 90.4 Å². The average molecular weight is 1020 g/mol. The normalized spacial score (nSPS) is 23.2. The van der Waals surface area contributed by atoms with Gasteiger partial charge in [0.15, 0.2) is 13.2 Å². The Morgan fingerprint density at radius 3 is 1.49 bits per heavy atom. The molecule has 0 amide bonds. The van der Waals surface area contributed by atoms with Crippen molar-refractivity contribution >= 4 is 24.2 Å². The highest BCUT2D eigenvalue weighted by Gasteiger charge is 2.46. The number of fused-ring (bicyclic) bond motifs is 4. The molecule has 0 unspecified atom stereocenters. The van der Waals surface area contributed by atoms with Crippen molar-refractivity contribution in [2.75, 3.05) is 26.4 Å². The first-order chi connectivity index (χ1) is 35.4. The molecule has 402 valence electrons. The van der Waals surface area contributed by atoms with Crippen molar-refractivity contribution in [2.24, 2.45) is 35.5 Å². The summed E-state index contributed by atoms with van der Waals surface area (Å²) in [6, 6.07) is 21.4. The minimum atomic E-state index is -0.990. The summed E-state index contributed by atoms with van der Waals surface area (Å²) in [6.45, 7) is 8.18. The van der Waals surface area contributed by atoms with Gasteiger partial charge in [0.25, 0.3) is 0 Å². The van der Waals surface area contributed by atoms with Crippen molar-refractivity contribution < 1.29 is 67.7 Å². The molecule has 0 aromatic heterocycles. The first-order valence-corrected chi connectivity index (χ1v) is 27.3. The van der Waals surface area contributed by atoms with Crippen LogP contribution in [0.15, 0.2) is 66.7 Å². The summed E-state index contributed by atoms with van der Waals surface area (Å²) in [4.78, 5) is 47.1. The standard InChI is InChI=1S/C33H44O7.C26H38O7/c1-3-5-7-14-26(40-33(36)37-4-2)16-17-27-28-18-24-13-10-15-31(29(24)19-25(28)20-30(27)34)38-22-32(35)39-21-23-11-8-6-9-12-23;1-3-5-6-9-19(33-26(30)31-4-2)11-12-20-21-13-17-8-7-10-24(32-16-25(28)29)22(17)14-18(21)15-23(20)27/h6,8-13,15,25-28,30,34H,3-5,7,14,16-22H2,1-2H3;7-8,10,18-21,23,27H,3-6,9,11-16H2,1-2H3,(H,28,29)/t25-,26-,27+,28-,30+;18-,19-,20+,21-,23+/m00/s1. The van der Waals surface area contributed by atoms with Crippen LogP contribution in [0.4, 0.5) is 9.59 Å². The number of aliphatic hydroxyl groups is 2. The highest BCUT2D eigenvalue weighted by molar-refractivity contribution is 5.71. The van der Waals surface area contributed by atoms with Gasteiger partial charge in [-0.1, -0.05) is 94.1 Å². The lowest BCUT2D eigenvalue weighted by Crippen LogP contribution is -2.29. The zero-order chi connectivity index (χ0) is 52.1. The van der Waals surface area contributed by atoms with Gasteiger partial charge in [0.2, 0.25) is 0 Å². The van der Waals surface area contributed by atoms with Gasteiger partial charge in [0, 0.05) is 0 Å². The van der Waals surface area contributed by atoms with Gasteiger partial charge in [0.1, 0.15) is 30.3 Å². The zero-order valence-corrected chi connectivity index (χ0v) is 43.7. The summed E-state index contributed by atoms with van der Waals surface area (Å²) in [7, 11) is 0. The Morgan fingerprint density at radius 2 is 1.04 bits per heavy atom. The van der Waals surface area contributed by atoms with E-state index in [1.165, 1.54) is 11.1 Å². The maximum absolute atomic E-state index is 12.3. The molecule has 7 rings (SSSR count). The van der Waals surface area contributed by atoms with E-state index in [9.17, 15) is 29.4 Å². The third-order valence-corrected chi connectivity index (χ3v) is 15.6. The molecule has 0 saturated heterocycles. The van der Waals surface area contributed by atoms with Gasteiger partial charge in [-0.2, -0.15) is 0 Å². The molecule has 10 atom stereocenters. The number of benzene rings is 3. The lowest BCUT2D eigenvalue weighted by Gasteiger charge is -2.32. The summed E-state index contributed by atoms with van der Waals surface area (Å²) in [5.74, 6) is 1.73. The second kappa shape index (κ2) is 29.5. The van der Waals surface area contributed by atoms with Crippen molar-refractivity contribution in [1.82, 2.24) is 0 Å². The summed E-state index contributed by atoms with van der Waals surface area (Å²) < 4.78 is 38.1. The fourth-order valence-corrected chi connectivity index (χ4v) is 12.0. The minimum absolute atomic E-state index is 0.136. The van der Waals surface area contributed by atoms with Crippen LogP contribution in [0.25, 0.3) is 0 Å². The van der Waals surface area contributed by atoms with Gasteiger partial charge in [-0.15, -0.1) is 0 Å². The second-order valence-electron chi connectivity index (χ2n) is 20.5. The van der Waals surface area contributed by atoms with Crippen molar-refractivity contribution in [1.29, 1.82) is 0 Å². The molecule has 0 spiro atoms. The number of carboxylic acid groups (broad SMARTS) is 1. The third-order valence-electron chi connectivity index (χ3n) is 15.6. The van der Waals surface area contributed by atoms with Gasteiger partial charge >= 0.3 is 24.2 Å². The Bertz CT molecular complexity index is 2180. The van der Waals surface area contributed by atoms with E-state index < -0.39 is 24.2 Å². The predicted molar refractivity (Wildman–Crippen MR) is 275 cm³/mol. The van der Waals surface area contributed by atoms with Gasteiger partial charge in [-0.05, 0) is 179 Å². The van der Waals surface area contributed by atoms with Crippen LogP contribution in [0, 0.1) is 35.5 Å². The first-order valence-electron chi connectivity index (χ1n) is 27.3. The molecule has 14 heteroatoms. The molecule has 4 aliphatic rings. The predicted octanol–water partition coefficient (Wildman–Crippen LogP) is 11.2. The lowest BCUT2D eigenvalue weighted by molar-refractivity contribution is -0.147. The van der Waals surface area contributed by atoms with E-state index >= 15 is 0 Å². The summed E-state index contributed by atoms with van der Waals surface area (Å²) in [5, 5.41) is 30.9. The van der Waals surface area contributed by atoms with Crippen LogP contribution in [0.1, 0.15) is 145 Å². The SMILES string of the molecule is CCCCC[C@@H](CC[C@@H]1[C@H]2Cc3cccc(OCC(=O)O)c3C[C@H]2C[C@H]1O)OC(=O)OCC.CCCCC[C@@H](CC[C@@H]1[C@H]2Cc3cccc(OCC(=O)OCc4ccccc4)c3C[C@H]2C[C@H]1O)OC(=O)OCC. The minimum Gasteiger partial charge on any atom is -0.482 e. The van der Waals surface area contributed by atoms with Crippen molar-refractivity contribution in [3.63, 3.8) is 0 Å². The lowest BCUT2D eigenvalue weighted by atomic mass is 9.73. The fourth-order valence-electron chi connectivity index (χ4n) is 12.0. The molecule has 0 heterocycles. The maximum Gasteiger partial charge on any atom is 0.508 e. The quantitative estimate of drug-likeness (QED) is 0.0390. The zero-order valence-electron chi connectivity index (χ0n) is 43.7. The summed E-state index contributed by atoms with van der Waals surface area (Å²) in [6.07, 6.45) is 13.6.